The number of rotatable bonds is 5. The predicted octanol–water partition coefficient (Wildman–Crippen LogP) is 3.59. The molecule has 4 nitrogen and oxygen atoms in total. The molecule has 0 aromatic carbocycles. The lowest BCUT2D eigenvalue weighted by molar-refractivity contribution is -0.138. The first kappa shape index (κ1) is 15.8. The molecule has 1 aromatic rings. The van der Waals surface area contributed by atoms with Gasteiger partial charge in [-0.15, -0.1) is 0 Å². The fourth-order valence-electron chi connectivity index (χ4n) is 2.98. The second-order valence-electron chi connectivity index (χ2n) is 6.89. The van der Waals surface area contributed by atoms with Gasteiger partial charge in [0.1, 0.15) is 5.82 Å². The summed E-state index contributed by atoms with van der Waals surface area (Å²) in [5.41, 5.74) is 2.63. The summed E-state index contributed by atoms with van der Waals surface area (Å²) in [5, 5.41) is 0. The smallest absolute Gasteiger partial charge is 0.223 e. The maximum Gasteiger partial charge on any atom is 0.223 e. The van der Waals surface area contributed by atoms with Gasteiger partial charge in [-0.1, -0.05) is 18.6 Å². The van der Waals surface area contributed by atoms with E-state index in [0.29, 0.717) is 13.0 Å². The van der Waals surface area contributed by atoms with Crippen molar-refractivity contribution in [3.05, 3.63) is 29.4 Å². The van der Waals surface area contributed by atoms with E-state index in [0.717, 1.165) is 37.3 Å². The Kier molecular flexibility index (Phi) is 4.86. The van der Waals surface area contributed by atoms with E-state index in [-0.39, 0.29) is 11.3 Å². The minimum absolute atomic E-state index is 0.224. The number of nitrogens with one attached hydrogen (secondary N) is 1. The maximum absolute atomic E-state index is 12.1. The summed E-state index contributed by atoms with van der Waals surface area (Å²) in [5.74, 6) is 1.14. The highest BCUT2D eigenvalue weighted by molar-refractivity contribution is 5.77. The van der Waals surface area contributed by atoms with E-state index >= 15 is 0 Å². The number of amides is 1. The van der Waals surface area contributed by atoms with Crippen molar-refractivity contribution in [3.63, 3.8) is 0 Å². The average molecular weight is 289 g/mol. The Balaban J connectivity index is 1.97. The van der Waals surface area contributed by atoms with Crippen LogP contribution in [0.1, 0.15) is 58.0 Å². The van der Waals surface area contributed by atoms with E-state index in [9.17, 15) is 4.79 Å². The number of nitrogens with zero attached hydrogens (tertiary/aromatic N) is 2. The van der Waals surface area contributed by atoms with Crippen molar-refractivity contribution in [2.75, 3.05) is 6.54 Å². The van der Waals surface area contributed by atoms with Crippen molar-refractivity contribution in [3.8, 4) is 0 Å². The molecule has 0 spiro atoms. The number of allylic oxidation sites excluding steroid dienone is 2. The van der Waals surface area contributed by atoms with Crippen molar-refractivity contribution in [2.45, 2.75) is 59.9 Å². The number of carbonyl (C=O) groups is 1. The SMILES string of the molecule is CC(C)=CCC[C@@]1(C)CCC(=O)N(Cc2ncc(C)[nH]2)C1. The fraction of sp³-hybridized carbons (Fsp3) is 0.647. The van der Waals surface area contributed by atoms with Gasteiger partial charge in [0, 0.05) is 24.9 Å². The van der Waals surface area contributed by atoms with Gasteiger partial charge < -0.3 is 9.88 Å². The molecule has 0 radical (unpaired) electrons. The lowest BCUT2D eigenvalue weighted by Gasteiger charge is -2.40. The molecule has 0 unspecified atom stereocenters. The zero-order valence-electron chi connectivity index (χ0n) is 13.7. The Bertz CT molecular complexity index is 528. The Hall–Kier alpha value is -1.58. The van der Waals surface area contributed by atoms with Crippen molar-refractivity contribution >= 4 is 5.91 Å². The number of hydrogen-bond donors (Lipinski definition) is 1. The van der Waals surface area contributed by atoms with Crippen LogP contribution < -0.4 is 0 Å². The molecule has 1 aromatic heterocycles. The molecule has 0 aliphatic carbocycles. The quantitative estimate of drug-likeness (QED) is 0.842. The summed E-state index contributed by atoms with van der Waals surface area (Å²) >= 11 is 0. The van der Waals surface area contributed by atoms with Gasteiger partial charge in [0.15, 0.2) is 0 Å². The topological polar surface area (TPSA) is 49.0 Å². The Morgan fingerprint density at radius 2 is 2.29 bits per heavy atom. The Morgan fingerprint density at radius 1 is 1.52 bits per heavy atom. The number of aromatic nitrogens is 2. The van der Waals surface area contributed by atoms with Crippen molar-refractivity contribution in [1.29, 1.82) is 0 Å². The van der Waals surface area contributed by atoms with Crippen LogP contribution in [0.15, 0.2) is 17.8 Å². The van der Waals surface area contributed by atoms with Crippen LogP contribution in [0.4, 0.5) is 0 Å². The maximum atomic E-state index is 12.1. The van der Waals surface area contributed by atoms with Crippen LogP contribution in [0.2, 0.25) is 0 Å². The van der Waals surface area contributed by atoms with Crippen LogP contribution in [0, 0.1) is 12.3 Å². The number of aryl methyl sites for hydroxylation is 1. The Morgan fingerprint density at radius 3 is 2.90 bits per heavy atom. The second-order valence-corrected chi connectivity index (χ2v) is 6.89. The molecule has 1 N–H and O–H groups in total. The molecule has 1 fully saturated rings. The summed E-state index contributed by atoms with van der Waals surface area (Å²) in [4.78, 5) is 21.6. The number of hydrogen-bond acceptors (Lipinski definition) is 2. The minimum atomic E-state index is 0.224. The zero-order chi connectivity index (χ0) is 15.5. The van der Waals surface area contributed by atoms with E-state index in [1.165, 1.54) is 5.57 Å². The molecule has 1 atom stereocenters. The van der Waals surface area contributed by atoms with Gasteiger partial charge in [-0.05, 0) is 45.4 Å². The van der Waals surface area contributed by atoms with Gasteiger partial charge in [0.05, 0.1) is 6.54 Å². The Labute approximate surface area is 127 Å². The number of likely N-dealkylation sites (tertiary alicyclic amines) is 1. The van der Waals surface area contributed by atoms with Crippen LogP contribution >= 0.6 is 0 Å². The van der Waals surface area contributed by atoms with Gasteiger partial charge in [-0.3, -0.25) is 4.79 Å². The molecule has 0 bridgehead atoms. The summed E-state index contributed by atoms with van der Waals surface area (Å²) in [6.07, 6.45) is 8.00. The fourth-order valence-corrected chi connectivity index (χ4v) is 2.98. The summed E-state index contributed by atoms with van der Waals surface area (Å²) in [7, 11) is 0. The first-order valence-corrected chi connectivity index (χ1v) is 7.80. The lowest BCUT2D eigenvalue weighted by atomic mass is 9.77. The standard InChI is InChI=1S/C17H27N3O/c1-13(2)6-5-8-17(4)9-7-16(21)20(12-17)11-15-18-10-14(3)19-15/h6,10H,5,7-9,11-12H2,1-4H3,(H,18,19)/t17-/m0/s1. The minimum Gasteiger partial charge on any atom is -0.345 e. The number of imidazole rings is 1. The van der Waals surface area contributed by atoms with Gasteiger partial charge in [-0.25, -0.2) is 4.98 Å². The first-order chi connectivity index (χ1) is 9.88. The van der Waals surface area contributed by atoms with Gasteiger partial charge in [0.2, 0.25) is 5.91 Å². The molecular weight excluding hydrogens is 262 g/mol. The molecule has 1 aliphatic rings. The van der Waals surface area contributed by atoms with Gasteiger partial charge >= 0.3 is 0 Å². The molecule has 0 saturated carbocycles. The molecule has 4 heteroatoms. The van der Waals surface area contributed by atoms with Gasteiger partial charge in [0.25, 0.3) is 0 Å². The average Bonchev–Trinajstić information content (AvgIpc) is 2.79. The largest absolute Gasteiger partial charge is 0.345 e. The normalized spacial score (nSPS) is 22.5. The molecule has 2 rings (SSSR count). The summed E-state index contributed by atoms with van der Waals surface area (Å²) < 4.78 is 0. The molecule has 1 amide bonds. The predicted molar refractivity (Wildman–Crippen MR) is 84.7 cm³/mol. The monoisotopic (exact) mass is 289 g/mol. The molecule has 1 aliphatic heterocycles. The number of carbonyl (C=O) groups excluding carboxylic acids is 1. The van der Waals surface area contributed by atoms with Crippen molar-refractivity contribution in [2.24, 2.45) is 5.41 Å². The first-order valence-electron chi connectivity index (χ1n) is 7.80. The highest BCUT2D eigenvalue weighted by Gasteiger charge is 2.34. The molecule has 1 saturated heterocycles. The number of H-pyrrole nitrogens is 1. The highest BCUT2D eigenvalue weighted by Crippen LogP contribution is 2.35. The van der Waals surface area contributed by atoms with Crippen LogP contribution in [0.3, 0.4) is 0 Å². The summed E-state index contributed by atoms with van der Waals surface area (Å²) in [6.45, 7) is 10.0. The van der Waals surface area contributed by atoms with Crippen molar-refractivity contribution in [1.82, 2.24) is 14.9 Å². The number of aromatic amines is 1. The summed E-state index contributed by atoms with van der Waals surface area (Å²) in [6, 6.07) is 0. The molecular formula is C17H27N3O. The van der Waals surface area contributed by atoms with Crippen LogP contribution in [-0.2, 0) is 11.3 Å². The molecule has 2 heterocycles. The molecule has 116 valence electrons. The second kappa shape index (κ2) is 6.46. The zero-order valence-corrected chi connectivity index (χ0v) is 13.7. The third-order valence-corrected chi connectivity index (χ3v) is 4.26. The molecule has 21 heavy (non-hydrogen) atoms. The number of piperidine rings is 1. The van der Waals surface area contributed by atoms with E-state index < -0.39 is 0 Å². The third kappa shape index (κ3) is 4.45. The lowest BCUT2D eigenvalue weighted by Crippen LogP contribution is -2.44. The van der Waals surface area contributed by atoms with Crippen LogP contribution in [0.25, 0.3) is 0 Å². The third-order valence-electron chi connectivity index (χ3n) is 4.26. The van der Waals surface area contributed by atoms with E-state index in [1.807, 2.05) is 18.0 Å². The van der Waals surface area contributed by atoms with Crippen LogP contribution in [0.5, 0.6) is 0 Å². The van der Waals surface area contributed by atoms with E-state index in [2.05, 4.69) is 36.8 Å². The highest BCUT2D eigenvalue weighted by atomic mass is 16.2. The van der Waals surface area contributed by atoms with Crippen molar-refractivity contribution < 1.29 is 4.79 Å². The van der Waals surface area contributed by atoms with Crippen LogP contribution in [-0.4, -0.2) is 27.3 Å². The van der Waals surface area contributed by atoms with E-state index in [1.54, 1.807) is 0 Å². The van der Waals surface area contributed by atoms with Gasteiger partial charge in [-0.2, -0.15) is 0 Å². The van der Waals surface area contributed by atoms with E-state index in [4.69, 9.17) is 0 Å².